The number of fused-ring (bicyclic) bond motifs is 1. The normalized spacial score (nSPS) is 12.1. The van der Waals surface area contributed by atoms with Gasteiger partial charge in [-0.25, -0.2) is 4.98 Å². The lowest BCUT2D eigenvalue weighted by molar-refractivity contribution is 0.0873. The van der Waals surface area contributed by atoms with Gasteiger partial charge in [0.2, 0.25) is 0 Å². The van der Waals surface area contributed by atoms with Crippen molar-refractivity contribution in [2.45, 2.75) is 19.9 Å². The first kappa shape index (κ1) is 15.3. The smallest absolute Gasteiger partial charge is 0.252 e. The molecule has 0 radical (unpaired) electrons. The zero-order valence-corrected chi connectivity index (χ0v) is 12.6. The number of aromatic nitrogens is 1. The number of benzene rings is 1. The first-order valence-corrected chi connectivity index (χ1v) is 7.11. The van der Waals surface area contributed by atoms with Crippen LogP contribution in [0.5, 0.6) is 0 Å². The third-order valence-corrected chi connectivity index (χ3v) is 3.17. The van der Waals surface area contributed by atoms with Gasteiger partial charge in [0, 0.05) is 25.1 Å². The van der Waals surface area contributed by atoms with E-state index < -0.39 is 0 Å². The van der Waals surface area contributed by atoms with Crippen LogP contribution in [0.4, 0.5) is 5.82 Å². The van der Waals surface area contributed by atoms with Crippen LogP contribution >= 0.6 is 0 Å². The summed E-state index contributed by atoms with van der Waals surface area (Å²) in [6.07, 6.45) is 0. The number of anilines is 1. The summed E-state index contributed by atoms with van der Waals surface area (Å²) in [6, 6.07) is 9.35. The topological polar surface area (TPSA) is 63.2 Å². The summed E-state index contributed by atoms with van der Waals surface area (Å²) in [5.74, 6) is 0.564. The molecule has 2 rings (SSSR count). The molecule has 1 unspecified atom stereocenters. The second-order valence-electron chi connectivity index (χ2n) is 4.86. The number of carbonyl (C=O) groups excluding carboxylic acids is 1. The molecule has 0 aliphatic carbocycles. The first-order chi connectivity index (χ1) is 10.2. The molecule has 0 saturated heterocycles. The molecule has 0 fully saturated rings. The number of carbonyl (C=O) groups is 1. The Morgan fingerprint density at radius 1 is 1.38 bits per heavy atom. The summed E-state index contributed by atoms with van der Waals surface area (Å²) in [5.41, 5.74) is 1.42. The van der Waals surface area contributed by atoms with E-state index >= 15 is 0 Å². The maximum atomic E-state index is 12.5. The van der Waals surface area contributed by atoms with Gasteiger partial charge >= 0.3 is 0 Å². The molecule has 0 aliphatic heterocycles. The highest BCUT2D eigenvalue weighted by Crippen LogP contribution is 2.20. The molecule has 1 atom stereocenters. The Balaban J connectivity index is 2.29. The van der Waals surface area contributed by atoms with Gasteiger partial charge in [0.05, 0.1) is 17.7 Å². The number of amides is 1. The molecule has 0 bridgehead atoms. The van der Waals surface area contributed by atoms with Gasteiger partial charge < -0.3 is 15.4 Å². The van der Waals surface area contributed by atoms with Crippen LogP contribution in [-0.4, -0.2) is 37.2 Å². The molecule has 0 aliphatic rings. The summed E-state index contributed by atoms with van der Waals surface area (Å²) in [4.78, 5) is 16.9. The van der Waals surface area contributed by atoms with Crippen LogP contribution in [0.1, 0.15) is 24.2 Å². The Hall–Kier alpha value is -2.14. The molecular weight excluding hydrogens is 266 g/mol. The summed E-state index contributed by atoms with van der Waals surface area (Å²) < 4.78 is 5.33. The van der Waals surface area contributed by atoms with Gasteiger partial charge in [-0.2, -0.15) is 0 Å². The maximum Gasteiger partial charge on any atom is 0.252 e. The van der Waals surface area contributed by atoms with Crippen LogP contribution in [0, 0.1) is 0 Å². The molecule has 0 spiro atoms. The van der Waals surface area contributed by atoms with Crippen molar-refractivity contribution < 1.29 is 9.53 Å². The van der Waals surface area contributed by atoms with Crippen molar-refractivity contribution in [1.29, 1.82) is 0 Å². The summed E-state index contributed by atoms with van der Waals surface area (Å²) >= 11 is 0. The van der Waals surface area contributed by atoms with Crippen LogP contribution < -0.4 is 10.6 Å². The second kappa shape index (κ2) is 7.04. The Kier molecular flexibility index (Phi) is 5.11. The molecular formula is C16H21N3O2. The second-order valence-corrected chi connectivity index (χ2v) is 4.86. The Labute approximate surface area is 124 Å². The van der Waals surface area contributed by atoms with E-state index in [-0.39, 0.29) is 11.9 Å². The standard InChI is InChI=1S/C16H21N3O2/c1-4-21-10-11(2)18-16(20)13-9-15(17-3)19-14-8-6-5-7-12(13)14/h5-9,11H,4,10H2,1-3H3,(H,17,19)(H,18,20). The van der Waals surface area contributed by atoms with Crippen molar-refractivity contribution in [3.8, 4) is 0 Å². The van der Waals surface area contributed by atoms with Crippen LogP contribution in [0.25, 0.3) is 10.9 Å². The number of nitrogens with one attached hydrogen (secondary N) is 2. The van der Waals surface area contributed by atoms with E-state index in [1.54, 1.807) is 13.1 Å². The fourth-order valence-electron chi connectivity index (χ4n) is 2.13. The highest BCUT2D eigenvalue weighted by atomic mass is 16.5. The zero-order chi connectivity index (χ0) is 15.2. The molecule has 112 valence electrons. The van der Waals surface area contributed by atoms with Gasteiger partial charge in [-0.15, -0.1) is 0 Å². The lowest BCUT2D eigenvalue weighted by Crippen LogP contribution is -2.36. The van der Waals surface area contributed by atoms with Gasteiger partial charge in [0.1, 0.15) is 5.82 Å². The van der Waals surface area contributed by atoms with Crippen molar-refractivity contribution in [2.24, 2.45) is 0 Å². The van der Waals surface area contributed by atoms with E-state index in [0.717, 1.165) is 10.9 Å². The fraction of sp³-hybridized carbons (Fsp3) is 0.375. The predicted molar refractivity (Wildman–Crippen MR) is 84.7 cm³/mol. The lowest BCUT2D eigenvalue weighted by atomic mass is 10.1. The first-order valence-electron chi connectivity index (χ1n) is 7.11. The third kappa shape index (κ3) is 3.70. The largest absolute Gasteiger partial charge is 0.380 e. The average Bonchev–Trinajstić information content (AvgIpc) is 2.51. The maximum absolute atomic E-state index is 12.5. The molecule has 1 heterocycles. The van der Waals surface area contributed by atoms with Gasteiger partial charge in [-0.1, -0.05) is 18.2 Å². The van der Waals surface area contributed by atoms with Crippen molar-refractivity contribution in [1.82, 2.24) is 10.3 Å². The highest BCUT2D eigenvalue weighted by molar-refractivity contribution is 6.07. The van der Waals surface area contributed by atoms with E-state index in [2.05, 4.69) is 15.6 Å². The Morgan fingerprint density at radius 2 is 2.14 bits per heavy atom. The molecule has 5 heteroatoms. The van der Waals surface area contributed by atoms with E-state index in [9.17, 15) is 4.79 Å². The van der Waals surface area contributed by atoms with E-state index in [1.807, 2.05) is 38.1 Å². The molecule has 5 nitrogen and oxygen atoms in total. The minimum absolute atomic E-state index is 0.0394. The highest BCUT2D eigenvalue weighted by Gasteiger charge is 2.14. The minimum atomic E-state index is -0.114. The SMILES string of the molecule is CCOCC(C)NC(=O)c1cc(NC)nc2ccccc12. The molecule has 21 heavy (non-hydrogen) atoms. The van der Waals surface area contributed by atoms with Crippen LogP contribution in [0.3, 0.4) is 0 Å². The van der Waals surface area contributed by atoms with Gasteiger partial charge in [0.15, 0.2) is 0 Å². The number of rotatable bonds is 6. The molecule has 0 saturated carbocycles. The zero-order valence-electron chi connectivity index (χ0n) is 12.6. The molecule has 2 N–H and O–H groups in total. The van der Waals surface area contributed by atoms with E-state index in [4.69, 9.17) is 4.74 Å². The van der Waals surface area contributed by atoms with Crippen LogP contribution in [-0.2, 0) is 4.74 Å². The van der Waals surface area contributed by atoms with Crippen molar-refractivity contribution in [3.05, 3.63) is 35.9 Å². The molecule has 1 aromatic carbocycles. The van der Waals surface area contributed by atoms with Crippen molar-refractivity contribution in [2.75, 3.05) is 25.6 Å². The number of hydrogen-bond acceptors (Lipinski definition) is 4. The summed E-state index contributed by atoms with van der Waals surface area (Å²) in [6.45, 7) is 5.01. The number of nitrogens with zero attached hydrogens (tertiary/aromatic N) is 1. The number of pyridine rings is 1. The quantitative estimate of drug-likeness (QED) is 0.856. The monoisotopic (exact) mass is 287 g/mol. The van der Waals surface area contributed by atoms with Crippen LogP contribution in [0.15, 0.2) is 30.3 Å². The fourth-order valence-corrected chi connectivity index (χ4v) is 2.13. The van der Waals surface area contributed by atoms with E-state index in [0.29, 0.717) is 24.6 Å². The average molecular weight is 287 g/mol. The molecule has 1 aromatic heterocycles. The third-order valence-electron chi connectivity index (χ3n) is 3.17. The van der Waals surface area contributed by atoms with Gasteiger partial charge in [-0.3, -0.25) is 4.79 Å². The lowest BCUT2D eigenvalue weighted by Gasteiger charge is -2.15. The number of hydrogen-bond donors (Lipinski definition) is 2. The van der Waals surface area contributed by atoms with E-state index in [1.165, 1.54) is 0 Å². The number of para-hydroxylation sites is 1. The molecule has 1 amide bonds. The van der Waals surface area contributed by atoms with Crippen LogP contribution in [0.2, 0.25) is 0 Å². The summed E-state index contributed by atoms with van der Waals surface area (Å²) in [5, 5.41) is 6.79. The molecule has 2 aromatic rings. The van der Waals surface area contributed by atoms with Crippen molar-refractivity contribution in [3.63, 3.8) is 0 Å². The Bertz CT molecular complexity index is 628. The van der Waals surface area contributed by atoms with Gasteiger partial charge in [0.25, 0.3) is 5.91 Å². The number of ether oxygens (including phenoxy) is 1. The summed E-state index contributed by atoms with van der Waals surface area (Å²) in [7, 11) is 1.79. The minimum Gasteiger partial charge on any atom is -0.380 e. The van der Waals surface area contributed by atoms with Gasteiger partial charge in [-0.05, 0) is 26.0 Å². The predicted octanol–water partition coefficient (Wildman–Crippen LogP) is 2.43. The Morgan fingerprint density at radius 3 is 2.86 bits per heavy atom. The van der Waals surface area contributed by atoms with Crippen molar-refractivity contribution >= 4 is 22.6 Å².